The van der Waals surface area contributed by atoms with Crippen molar-refractivity contribution in [2.24, 2.45) is 4.99 Å². The Morgan fingerprint density at radius 1 is 1.32 bits per heavy atom. The molecular formula is C16H28N4OS. The number of rotatable bonds is 8. The number of amides is 1. The average Bonchev–Trinajstić information content (AvgIpc) is 2.88. The molecule has 124 valence electrons. The molecule has 1 heterocycles. The van der Waals surface area contributed by atoms with Crippen LogP contribution in [0.4, 0.5) is 0 Å². The number of aryl methyl sites for hydroxylation is 1. The largest absolute Gasteiger partial charge is 0.356 e. The molecule has 1 aromatic rings. The van der Waals surface area contributed by atoms with E-state index < -0.39 is 0 Å². The maximum absolute atomic E-state index is 11.5. The lowest BCUT2D eigenvalue weighted by Crippen LogP contribution is -2.44. The lowest BCUT2D eigenvalue weighted by Gasteiger charge is -2.17. The van der Waals surface area contributed by atoms with Crippen LogP contribution in [-0.2, 0) is 11.2 Å². The Morgan fingerprint density at radius 3 is 2.68 bits per heavy atom. The van der Waals surface area contributed by atoms with E-state index in [1.807, 2.05) is 18.3 Å². The number of aliphatic imine (C=N–C) groups is 1. The Kier molecular flexibility index (Phi) is 8.58. The van der Waals surface area contributed by atoms with Crippen LogP contribution in [0.1, 0.15) is 36.4 Å². The fourth-order valence-electron chi connectivity index (χ4n) is 2.02. The molecule has 1 atom stereocenters. The van der Waals surface area contributed by atoms with E-state index in [2.05, 4.69) is 46.9 Å². The van der Waals surface area contributed by atoms with Gasteiger partial charge in [0.1, 0.15) is 0 Å². The first kappa shape index (κ1) is 18.5. The SMILES string of the molecule is CCCNC(=O)CCNC(=NC)NC(C)Cc1ccc(C)s1. The van der Waals surface area contributed by atoms with E-state index in [-0.39, 0.29) is 11.9 Å². The highest BCUT2D eigenvalue weighted by molar-refractivity contribution is 7.11. The van der Waals surface area contributed by atoms with E-state index >= 15 is 0 Å². The number of hydrogen-bond donors (Lipinski definition) is 3. The minimum atomic E-state index is 0.0758. The molecule has 0 aliphatic rings. The molecular weight excluding hydrogens is 296 g/mol. The Hall–Kier alpha value is -1.56. The van der Waals surface area contributed by atoms with Gasteiger partial charge in [-0.1, -0.05) is 6.92 Å². The molecule has 0 bridgehead atoms. The predicted molar refractivity (Wildman–Crippen MR) is 94.6 cm³/mol. The van der Waals surface area contributed by atoms with Crippen LogP contribution < -0.4 is 16.0 Å². The van der Waals surface area contributed by atoms with Crippen LogP contribution in [0.25, 0.3) is 0 Å². The van der Waals surface area contributed by atoms with Gasteiger partial charge in [0.05, 0.1) is 0 Å². The lowest BCUT2D eigenvalue weighted by atomic mass is 10.2. The van der Waals surface area contributed by atoms with Gasteiger partial charge in [-0.15, -0.1) is 11.3 Å². The lowest BCUT2D eigenvalue weighted by molar-refractivity contribution is -0.120. The Balaban J connectivity index is 2.28. The number of carbonyl (C=O) groups excluding carboxylic acids is 1. The molecule has 3 N–H and O–H groups in total. The van der Waals surface area contributed by atoms with Crippen molar-refractivity contribution in [3.63, 3.8) is 0 Å². The maximum Gasteiger partial charge on any atom is 0.221 e. The Morgan fingerprint density at radius 2 is 2.09 bits per heavy atom. The van der Waals surface area contributed by atoms with Gasteiger partial charge in [-0.05, 0) is 32.4 Å². The first-order chi connectivity index (χ1) is 10.5. The monoisotopic (exact) mass is 324 g/mol. The topological polar surface area (TPSA) is 65.5 Å². The summed E-state index contributed by atoms with van der Waals surface area (Å²) in [5.74, 6) is 0.816. The van der Waals surface area contributed by atoms with Crippen LogP contribution in [0.2, 0.25) is 0 Å². The van der Waals surface area contributed by atoms with Gasteiger partial charge >= 0.3 is 0 Å². The van der Waals surface area contributed by atoms with Gasteiger partial charge in [0.25, 0.3) is 0 Å². The van der Waals surface area contributed by atoms with Gasteiger partial charge in [-0.25, -0.2) is 0 Å². The highest BCUT2D eigenvalue weighted by Crippen LogP contribution is 2.16. The molecule has 1 amide bonds. The second kappa shape index (κ2) is 10.2. The summed E-state index contributed by atoms with van der Waals surface area (Å²) < 4.78 is 0. The van der Waals surface area contributed by atoms with Crippen LogP contribution in [0.3, 0.4) is 0 Å². The second-order valence-electron chi connectivity index (χ2n) is 5.36. The fourth-order valence-corrected chi connectivity index (χ4v) is 3.04. The van der Waals surface area contributed by atoms with Crippen molar-refractivity contribution >= 4 is 23.2 Å². The van der Waals surface area contributed by atoms with Gasteiger partial charge in [0, 0.05) is 48.8 Å². The zero-order chi connectivity index (χ0) is 16.4. The van der Waals surface area contributed by atoms with E-state index in [1.54, 1.807) is 7.05 Å². The molecule has 0 fully saturated rings. The molecule has 0 spiro atoms. The third-order valence-electron chi connectivity index (χ3n) is 3.13. The molecule has 0 saturated carbocycles. The number of thiophene rings is 1. The predicted octanol–water partition coefficient (Wildman–Crippen LogP) is 2.07. The number of nitrogens with one attached hydrogen (secondary N) is 3. The summed E-state index contributed by atoms with van der Waals surface area (Å²) >= 11 is 1.83. The van der Waals surface area contributed by atoms with Crippen molar-refractivity contribution in [1.29, 1.82) is 0 Å². The zero-order valence-electron chi connectivity index (χ0n) is 14.0. The third-order valence-corrected chi connectivity index (χ3v) is 4.15. The van der Waals surface area contributed by atoms with Crippen LogP contribution in [0, 0.1) is 6.92 Å². The Labute approximate surface area is 137 Å². The summed E-state index contributed by atoms with van der Waals surface area (Å²) in [6.07, 6.45) is 2.39. The summed E-state index contributed by atoms with van der Waals surface area (Å²) in [4.78, 5) is 18.4. The van der Waals surface area contributed by atoms with Gasteiger partial charge in [0.15, 0.2) is 5.96 Å². The standard InChI is InChI=1S/C16H28N4OS/c1-5-9-18-15(21)8-10-19-16(17-4)20-12(2)11-14-7-6-13(3)22-14/h6-7,12H,5,8-11H2,1-4H3,(H,18,21)(H2,17,19,20). The van der Waals surface area contributed by atoms with Crippen LogP contribution in [-0.4, -0.2) is 38.0 Å². The molecule has 1 aromatic heterocycles. The normalized spacial score (nSPS) is 12.8. The molecule has 0 saturated heterocycles. The minimum absolute atomic E-state index is 0.0758. The number of nitrogens with zero attached hydrogens (tertiary/aromatic N) is 1. The van der Waals surface area contributed by atoms with Crippen molar-refractivity contribution in [2.75, 3.05) is 20.1 Å². The highest BCUT2D eigenvalue weighted by atomic mass is 32.1. The molecule has 1 unspecified atom stereocenters. The molecule has 0 aliphatic carbocycles. The maximum atomic E-state index is 11.5. The smallest absolute Gasteiger partial charge is 0.221 e. The van der Waals surface area contributed by atoms with Crippen molar-refractivity contribution in [2.45, 2.75) is 46.1 Å². The molecule has 0 aromatic carbocycles. The number of hydrogen-bond acceptors (Lipinski definition) is 3. The second-order valence-corrected chi connectivity index (χ2v) is 6.73. The molecule has 0 radical (unpaired) electrons. The van der Waals surface area contributed by atoms with Crippen LogP contribution in [0.5, 0.6) is 0 Å². The summed E-state index contributed by atoms with van der Waals surface area (Å²) in [7, 11) is 1.74. The Bertz CT molecular complexity index is 484. The summed E-state index contributed by atoms with van der Waals surface area (Å²) in [5, 5.41) is 9.40. The molecule has 6 heteroatoms. The molecule has 1 rings (SSSR count). The molecule has 0 aliphatic heterocycles. The van der Waals surface area contributed by atoms with Gasteiger partial charge < -0.3 is 16.0 Å². The number of guanidine groups is 1. The zero-order valence-corrected chi connectivity index (χ0v) is 14.8. The summed E-state index contributed by atoms with van der Waals surface area (Å²) in [5.41, 5.74) is 0. The highest BCUT2D eigenvalue weighted by Gasteiger charge is 2.08. The molecule has 22 heavy (non-hydrogen) atoms. The quantitative estimate of drug-likeness (QED) is 0.507. The third kappa shape index (κ3) is 7.45. The average molecular weight is 324 g/mol. The van der Waals surface area contributed by atoms with Crippen molar-refractivity contribution in [3.05, 3.63) is 21.9 Å². The fraction of sp³-hybridized carbons (Fsp3) is 0.625. The van der Waals surface area contributed by atoms with Gasteiger partial charge in [-0.3, -0.25) is 9.79 Å². The van der Waals surface area contributed by atoms with Crippen molar-refractivity contribution in [3.8, 4) is 0 Å². The summed E-state index contributed by atoms with van der Waals surface area (Å²) in [6, 6.07) is 4.61. The van der Waals surface area contributed by atoms with Crippen molar-refractivity contribution < 1.29 is 4.79 Å². The van der Waals surface area contributed by atoms with Crippen LogP contribution in [0.15, 0.2) is 17.1 Å². The number of carbonyl (C=O) groups is 1. The van der Waals surface area contributed by atoms with Crippen molar-refractivity contribution in [1.82, 2.24) is 16.0 Å². The van der Waals surface area contributed by atoms with Crippen LogP contribution >= 0.6 is 11.3 Å². The molecule has 5 nitrogen and oxygen atoms in total. The van der Waals surface area contributed by atoms with Gasteiger partial charge in [0.2, 0.25) is 5.91 Å². The van der Waals surface area contributed by atoms with E-state index in [0.717, 1.165) is 25.3 Å². The minimum Gasteiger partial charge on any atom is -0.356 e. The first-order valence-electron chi connectivity index (χ1n) is 7.84. The van der Waals surface area contributed by atoms with E-state index in [4.69, 9.17) is 0 Å². The van der Waals surface area contributed by atoms with E-state index in [0.29, 0.717) is 13.0 Å². The van der Waals surface area contributed by atoms with E-state index in [9.17, 15) is 4.79 Å². The summed E-state index contributed by atoms with van der Waals surface area (Å²) in [6.45, 7) is 7.62. The first-order valence-corrected chi connectivity index (χ1v) is 8.66. The van der Waals surface area contributed by atoms with Gasteiger partial charge in [-0.2, -0.15) is 0 Å². The van der Waals surface area contributed by atoms with E-state index in [1.165, 1.54) is 9.75 Å².